The summed E-state index contributed by atoms with van der Waals surface area (Å²) in [6, 6.07) is -0.301. The van der Waals surface area contributed by atoms with Crippen molar-refractivity contribution in [1.82, 2.24) is 20.6 Å². The number of nitrogens with one attached hydrogen (secondary N) is 2. The van der Waals surface area contributed by atoms with E-state index in [4.69, 9.17) is 4.74 Å². The Balaban J connectivity index is 1.97. The molecule has 2 amide bonds. The predicted molar refractivity (Wildman–Crippen MR) is 90.8 cm³/mol. The molecule has 0 aliphatic heterocycles. The number of nitrogens with zero attached hydrogens (tertiary/aromatic N) is 2. The van der Waals surface area contributed by atoms with E-state index in [2.05, 4.69) is 20.6 Å². The number of carbonyl (C=O) groups is 1. The number of pyridine rings is 1. The molecule has 0 fully saturated rings. The zero-order chi connectivity index (χ0) is 16.8. The van der Waals surface area contributed by atoms with Gasteiger partial charge in [0.15, 0.2) is 0 Å². The molecule has 124 valence electrons. The van der Waals surface area contributed by atoms with Crippen molar-refractivity contribution in [3.8, 4) is 5.75 Å². The van der Waals surface area contributed by atoms with Crippen LogP contribution < -0.4 is 15.4 Å². The average molecular weight is 334 g/mol. The van der Waals surface area contributed by atoms with Crippen LogP contribution in [-0.4, -0.2) is 23.1 Å². The van der Waals surface area contributed by atoms with Crippen molar-refractivity contribution in [2.24, 2.45) is 0 Å². The van der Waals surface area contributed by atoms with Crippen molar-refractivity contribution in [2.45, 2.75) is 39.8 Å². The van der Waals surface area contributed by atoms with Gasteiger partial charge in [-0.1, -0.05) is 6.92 Å². The zero-order valence-electron chi connectivity index (χ0n) is 13.8. The minimum atomic E-state index is -0.229. The van der Waals surface area contributed by atoms with E-state index in [0.717, 1.165) is 34.0 Å². The standard InChI is InChI=1S/C16H22N4O2S/c1-5-12(15-17-6-7-23-15)20-16(21)19-9-13-11(3)14(22-4)10(2)8-18-13/h6-8,12H,5,9H2,1-4H3,(H2,19,20,21)/t12-/m1/s1. The van der Waals surface area contributed by atoms with E-state index in [1.165, 1.54) is 11.3 Å². The number of rotatable bonds is 6. The summed E-state index contributed by atoms with van der Waals surface area (Å²) in [5.41, 5.74) is 2.72. The molecule has 0 aromatic carbocycles. The SMILES string of the molecule is CC[C@@H](NC(=O)NCc1ncc(C)c(OC)c1C)c1nccs1. The molecule has 2 N–H and O–H groups in total. The number of aryl methyl sites for hydroxylation is 1. The summed E-state index contributed by atoms with van der Waals surface area (Å²) in [6.45, 7) is 6.26. The van der Waals surface area contributed by atoms with Gasteiger partial charge in [-0.2, -0.15) is 0 Å². The topological polar surface area (TPSA) is 76.1 Å². The second-order valence-corrected chi connectivity index (χ2v) is 6.13. The van der Waals surface area contributed by atoms with Crippen LogP contribution in [0.5, 0.6) is 5.75 Å². The Hall–Kier alpha value is -2.15. The van der Waals surface area contributed by atoms with Crippen LogP contribution in [-0.2, 0) is 6.54 Å². The highest BCUT2D eigenvalue weighted by molar-refractivity contribution is 7.09. The van der Waals surface area contributed by atoms with E-state index in [1.54, 1.807) is 19.5 Å². The third-order valence-electron chi connectivity index (χ3n) is 3.63. The molecule has 7 heteroatoms. The van der Waals surface area contributed by atoms with E-state index in [1.807, 2.05) is 26.2 Å². The lowest BCUT2D eigenvalue weighted by molar-refractivity contribution is 0.236. The number of ether oxygens (including phenoxy) is 1. The van der Waals surface area contributed by atoms with Crippen LogP contribution >= 0.6 is 11.3 Å². The first-order valence-corrected chi connectivity index (χ1v) is 8.37. The van der Waals surface area contributed by atoms with Gasteiger partial charge in [-0.05, 0) is 20.3 Å². The van der Waals surface area contributed by atoms with E-state index in [9.17, 15) is 4.79 Å². The van der Waals surface area contributed by atoms with Crippen molar-refractivity contribution >= 4 is 17.4 Å². The van der Waals surface area contributed by atoms with E-state index >= 15 is 0 Å². The van der Waals surface area contributed by atoms with Crippen molar-refractivity contribution in [3.05, 3.63) is 39.6 Å². The van der Waals surface area contributed by atoms with Crippen LogP contribution in [0.4, 0.5) is 4.79 Å². The molecule has 0 spiro atoms. The number of hydrogen-bond acceptors (Lipinski definition) is 5. The highest BCUT2D eigenvalue weighted by Gasteiger charge is 2.15. The minimum absolute atomic E-state index is 0.0726. The van der Waals surface area contributed by atoms with Gasteiger partial charge in [-0.25, -0.2) is 9.78 Å². The molecule has 0 radical (unpaired) electrons. The molecule has 0 saturated heterocycles. The van der Waals surface area contributed by atoms with E-state index in [-0.39, 0.29) is 12.1 Å². The van der Waals surface area contributed by atoms with Crippen LogP contribution in [0.2, 0.25) is 0 Å². The molecule has 0 unspecified atom stereocenters. The van der Waals surface area contributed by atoms with Gasteiger partial charge in [-0.3, -0.25) is 4.98 Å². The Kier molecular flexibility index (Phi) is 5.92. The lowest BCUT2D eigenvalue weighted by atomic mass is 10.1. The lowest BCUT2D eigenvalue weighted by Gasteiger charge is -2.16. The quantitative estimate of drug-likeness (QED) is 0.851. The highest BCUT2D eigenvalue weighted by atomic mass is 32.1. The predicted octanol–water partition coefficient (Wildman–Crippen LogP) is 3.11. The normalized spacial score (nSPS) is 11.8. The third-order valence-corrected chi connectivity index (χ3v) is 4.52. The summed E-state index contributed by atoms with van der Waals surface area (Å²) in [6.07, 6.45) is 4.29. The summed E-state index contributed by atoms with van der Waals surface area (Å²) < 4.78 is 5.38. The lowest BCUT2D eigenvalue weighted by Crippen LogP contribution is -2.37. The molecular weight excluding hydrogens is 312 g/mol. The van der Waals surface area contributed by atoms with E-state index < -0.39 is 0 Å². The van der Waals surface area contributed by atoms with Crippen LogP contribution in [0.15, 0.2) is 17.8 Å². The first-order valence-electron chi connectivity index (χ1n) is 7.49. The molecule has 0 aliphatic carbocycles. The molecule has 0 aliphatic rings. The molecule has 23 heavy (non-hydrogen) atoms. The molecule has 0 saturated carbocycles. The fourth-order valence-electron chi connectivity index (χ4n) is 2.37. The van der Waals surface area contributed by atoms with E-state index in [0.29, 0.717) is 6.54 Å². The third kappa shape index (κ3) is 4.19. The number of methoxy groups -OCH3 is 1. The van der Waals surface area contributed by atoms with Crippen LogP contribution in [0.3, 0.4) is 0 Å². The van der Waals surface area contributed by atoms with Gasteiger partial charge in [-0.15, -0.1) is 11.3 Å². The Morgan fingerprint density at radius 3 is 2.78 bits per heavy atom. The van der Waals surface area contributed by atoms with Crippen molar-refractivity contribution in [3.63, 3.8) is 0 Å². The Morgan fingerprint density at radius 1 is 1.39 bits per heavy atom. The zero-order valence-corrected chi connectivity index (χ0v) is 14.7. The number of hydrogen-bond donors (Lipinski definition) is 2. The van der Waals surface area contributed by atoms with Crippen molar-refractivity contribution in [2.75, 3.05) is 7.11 Å². The number of aromatic nitrogens is 2. The Bertz CT molecular complexity index is 658. The molecule has 1 atom stereocenters. The first-order chi connectivity index (χ1) is 11.1. The fraction of sp³-hybridized carbons (Fsp3) is 0.438. The smallest absolute Gasteiger partial charge is 0.315 e. The summed E-state index contributed by atoms with van der Waals surface area (Å²) in [4.78, 5) is 20.7. The molecule has 6 nitrogen and oxygen atoms in total. The number of amides is 2. The van der Waals surface area contributed by atoms with Crippen molar-refractivity contribution < 1.29 is 9.53 Å². The van der Waals surface area contributed by atoms with Gasteiger partial charge >= 0.3 is 6.03 Å². The summed E-state index contributed by atoms with van der Waals surface area (Å²) in [5, 5.41) is 8.60. The van der Waals surface area contributed by atoms with Gasteiger partial charge in [0.2, 0.25) is 0 Å². The van der Waals surface area contributed by atoms with Gasteiger partial charge in [0.25, 0.3) is 0 Å². The average Bonchev–Trinajstić information content (AvgIpc) is 3.06. The fourth-order valence-corrected chi connectivity index (χ4v) is 3.14. The summed E-state index contributed by atoms with van der Waals surface area (Å²) in [7, 11) is 1.64. The molecule has 2 aromatic rings. The van der Waals surface area contributed by atoms with Gasteiger partial charge in [0, 0.05) is 28.9 Å². The van der Waals surface area contributed by atoms with Crippen molar-refractivity contribution in [1.29, 1.82) is 0 Å². The van der Waals surface area contributed by atoms with Gasteiger partial charge in [0.1, 0.15) is 10.8 Å². The summed E-state index contributed by atoms with van der Waals surface area (Å²) in [5.74, 6) is 0.812. The Morgan fingerprint density at radius 2 is 2.17 bits per heavy atom. The molecule has 2 heterocycles. The molecule has 2 aromatic heterocycles. The maximum Gasteiger partial charge on any atom is 0.315 e. The Labute approximate surface area is 140 Å². The monoisotopic (exact) mass is 334 g/mol. The number of thiazole rings is 1. The second kappa shape index (κ2) is 7.92. The van der Waals surface area contributed by atoms with Crippen LogP contribution in [0.1, 0.15) is 41.2 Å². The second-order valence-electron chi connectivity index (χ2n) is 5.20. The van der Waals surface area contributed by atoms with Gasteiger partial charge < -0.3 is 15.4 Å². The maximum atomic E-state index is 12.1. The first kappa shape index (κ1) is 17.2. The van der Waals surface area contributed by atoms with Gasteiger partial charge in [0.05, 0.1) is 25.4 Å². The summed E-state index contributed by atoms with van der Waals surface area (Å²) >= 11 is 1.54. The minimum Gasteiger partial charge on any atom is -0.496 e. The van der Waals surface area contributed by atoms with Crippen LogP contribution in [0.25, 0.3) is 0 Å². The molecule has 2 rings (SSSR count). The molecular formula is C16H22N4O2S. The number of carbonyl (C=O) groups excluding carboxylic acids is 1. The van der Waals surface area contributed by atoms with Crippen LogP contribution in [0, 0.1) is 13.8 Å². The number of urea groups is 1. The highest BCUT2D eigenvalue weighted by Crippen LogP contribution is 2.23. The largest absolute Gasteiger partial charge is 0.496 e. The molecule has 0 bridgehead atoms. The maximum absolute atomic E-state index is 12.1.